The minimum Gasteiger partial charge on any atom is -0.334 e. The Balaban J connectivity index is 1.90. The van der Waals surface area contributed by atoms with Gasteiger partial charge in [-0.15, -0.1) is 0 Å². The van der Waals surface area contributed by atoms with Gasteiger partial charge in [-0.25, -0.2) is 13.2 Å². The second kappa shape index (κ2) is 6.79. The normalized spacial score (nSPS) is 22.8. The summed E-state index contributed by atoms with van der Waals surface area (Å²) >= 11 is 1.61. The van der Waals surface area contributed by atoms with Crippen molar-refractivity contribution in [1.29, 1.82) is 0 Å². The van der Waals surface area contributed by atoms with E-state index in [1.165, 1.54) is 6.26 Å². The minimum absolute atomic E-state index is 0.280. The molecule has 0 aromatic carbocycles. The molecule has 7 heteroatoms. The predicted molar refractivity (Wildman–Crippen MR) is 85.3 cm³/mol. The lowest BCUT2D eigenvalue weighted by Crippen LogP contribution is -2.51. The number of carbonyl (C=O) groups is 1. The fraction of sp³-hybridized carbons (Fsp3) is 0.643. The number of amides is 2. The molecule has 0 bridgehead atoms. The minimum atomic E-state index is -3.13. The first-order chi connectivity index (χ1) is 9.88. The Morgan fingerprint density at radius 2 is 2.05 bits per heavy atom. The number of sulfone groups is 1. The van der Waals surface area contributed by atoms with Crippen LogP contribution >= 0.6 is 11.3 Å². The van der Waals surface area contributed by atoms with E-state index in [0.717, 1.165) is 30.4 Å². The van der Waals surface area contributed by atoms with Crippen molar-refractivity contribution in [3.8, 4) is 0 Å². The molecule has 2 N–H and O–H groups in total. The lowest BCUT2D eigenvalue weighted by Gasteiger charge is -2.30. The quantitative estimate of drug-likeness (QED) is 0.889. The average molecular weight is 330 g/mol. The molecule has 0 radical (unpaired) electrons. The maximum absolute atomic E-state index is 12.0. The van der Waals surface area contributed by atoms with Crippen molar-refractivity contribution in [3.63, 3.8) is 0 Å². The van der Waals surface area contributed by atoms with Crippen molar-refractivity contribution in [2.45, 2.75) is 50.4 Å². The van der Waals surface area contributed by atoms with E-state index in [1.807, 2.05) is 17.7 Å². The van der Waals surface area contributed by atoms with E-state index in [9.17, 15) is 13.2 Å². The zero-order chi connectivity index (χ0) is 15.5. The molecule has 0 spiro atoms. The topological polar surface area (TPSA) is 75.3 Å². The summed E-state index contributed by atoms with van der Waals surface area (Å²) in [6, 6.07) is -0.571. The highest BCUT2D eigenvalue weighted by Gasteiger charge is 2.33. The molecule has 118 valence electrons. The maximum Gasteiger partial charge on any atom is 0.315 e. The largest absolute Gasteiger partial charge is 0.334 e. The van der Waals surface area contributed by atoms with Gasteiger partial charge in [-0.1, -0.05) is 12.8 Å². The van der Waals surface area contributed by atoms with Crippen LogP contribution in [0.1, 0.15) is 36.8 Å². The summed E-state index contributed by atoms with van der Waals surface area (Å²) < 4.78 is 23.6. The molecule has 1 aliphatic rings. The Morgan fingerprint density at radius 3 is 2.67 bits per heavy atom. The van der Waals surface area contributed by atoms with Crippen LogP contribution in [0.15, 0.2) is 10.8 Å². The molecule has 1 aliphatic carbocycles. The fourth-order valence-electron chi connectivity index (χ4n) is 2.74. The van der Waals surface area contributed by atoms with Crippen LogP contribution in [-0.2, 0) is 16.4 Å². The van der Waals surface area contributed by atoms with Gasteiger partial charge in [-0.3, -0.25) is 0 Å². The maximum atomic E-state index is 12.0. The van der Waals surface area contributed by atoms with Gasteiger partial charge in [0, 0.05) is 18.8 Å². The molecular formula is C14H22N2O3S2. The van der Waals surface area contributed by atoms with Gasteiger partial charge in [0.1, 0.15) is 0 Å². The first kappa shape index (κ1) is 16.3. The molecule has 1 saturated carbocycles. The molecule has 1 aromatic rings. The van der Waals surface area contributed by atoms with E-state index in [2.05, 4.69) is 10.6 Å². The Hall–Kier alpha value is -1.08. The van der Waals surface area contributed by atoms with Gasteiger partial charge in [0.2, 0.25) is 0 Å². The van der Waals surface area contributed by atoms with Crippen LogP contribution in [-0.4, -0.2) is 32.0 Å². The number of carbonyl (C=O) groups excluding carboxylic acids is 1. The molecule has 1 fully saturated rings. The SMILES string of the molecule is Cc1cscc1CNC(=O)N[C@@H]1CCCC[C@H]1S(C)(=O)=O. The molecule has 0 saturated heterocycles. The third kappa shape index (κ3) is 4.44. The number of thiophene rings is 1. The molecule has 2 atom stereocenters. The van der Waals surface area contributed by atoms with Gasteiger partial charge >= 0.3 is 6.03 Å². The van der Waals surface area contributed by atoms with Crippen LogP contribution < -0.4 is 10.6 Å². The summed E-state index contributed by atoms with van der Waals surface area (Å²) in [6.45, 7) is 2.48. The standard InChI is InChI=1S/C14H22N2O3S2/c1-10-8-20-9-11(10)7-15-14(17)16-12-5-3-4-6-13(12)21(2,18)19/h8-9,12-13H,3-7H2,1-2H3,(H2,15,16,17)/t12-,13-/m1/s1. The smallest absolute Gasteiger partial charge is 0.315 e. The second-order valence-corrected chi connectivity index (χ2v) is 8.67. The van der Waals surface area contributed by atoms with Crippen molar-refractivity contribution in [1.82, 2.24) is 10.6 Å². The highest BCUT2D eigenvalue weighted by Crippen LogP contribution is 2.24. The Labute approximate surface area is 130 Å². The van der Waals surface area contributed by atoms with Crippen molar-refractivity contribution in [3.05, 3.63) is 21.9 Å². The van der Waals surface area contributed by atoms with Crippen molar-refractivity contribution < 1.29 is 13.2 Å². The number of aryl methyl sites for hydroxylation is 1. The molecule has 2 rings (SSSR count). The van der Waals surface area contributed by atoms with Gasteiger partial charge in [-0.05, 0) is 41.7 Å². The van der Waals surface area contributed by atoms with E-state index < -0.39 is 15.1 Å². The summed E-state index contributed by atoms with van der Waals surface area (Å²) in [7, 11) is -3.13. The zero-order valence-corrected chi connectivity index (χ0v) is 14.0. The van der Waals surface area contributed by atoms with Crippen LogP contribution in [0.25, 0.3) is 0 Å². The van der Waals surface area contributed by atoms with Gasteiger partial charge in [-0.2, -0.15) is 11.3 Å². The summed E-state index contributed by atoms with van der Waals surface area (Å²) in [5, 5.41) is 9.23. The first-order valence-corrected chi connectivity index (χ1v) is 10.0. The third-order valence-electron chi connectivity index (χ3n) is 3.97. The fourth-order valence-corrected chi connectivity index (χ4v) is 4.99. The summed E-state index contributed by atoms with van der Waals surface area (Å²) in [5.74, 6) is 0. The van der Waals surface area contributed by atoms with Crippen LogP contribution in [0.2, 0.25) is 0 Å². The lowest BCUT2D eigenvalue weighted by molar-refractivity contribution is 0.232. The summed E-state index contributed by atoms with van der Waals surface area (Å²) in [6.07, 6.45) is 4.48. The Kier molecular flexibility index (Phi) is 5.27. The van der Waals surface area contributed by atoms with E-state index in [-0.39, 0.29) is 12.1 Å². The molecule has 21 heavy (non-hydrogen) atoms. The van der Waals surface area contributed by atoms with Crippen LogP contribution in [0.4, 0.5) is 4.79 Å². The van der Waals surface area contributed by atoms with Crippen molar-refractivity contribution >= 4 is 27.2 Å². The summed E-state index contributed by atoms with van der Waals surface area (Å²) in [4.78, 5) is 12.0. The Morgan fingerprint density at radius 1 is 1.33 bits per heavy atom. The van der Waals surface area contributed by atoms with Crippen LogP contribution in [0.5, 0.6) is 0 Å². The van der Waals surface area contributed by atoms with E-state index in [0.29, 0.717) is 13.0 Å². The van der Waals surface area contributed by atoms with Gasteiger partial charge in [0.05, 0.1) is 5.25 Å². The second-order valence-electron chi connectivity index (χ2n) is 5.67. The molecule has 2 amide bonds. The molecule has 0 aliphatic heterocycles. The highest BCUT2D eigenvalue weighted by atomic mass is 32.2. The number of rotatable bonds is 4. The Bertz CT molecular complexity index is 595. The van der Waals surface area contributed by atoms with Crippen molar-refractivity contribution in [2.24, 2.45) is 0 Å². The summed E-state index contributed by atoms with van der Waals surface area (Å²) in [5.41, 5.74) is 2.26. The van der Waals surface area contributed by atoms with Gasteiger partial charge in [0.15, 0.2) is 9.84 Å². The molecule has 1 heterocycles. The van der Waals surface area contributed by atoms with Gasteiger partial charge in [0.25, 0.3) is 0 Å². The lowest BCUT2D eigenvalue weighted by atomic mass is 9.95. The number of nitrogens with one attached hydrogen (secondary N) is 2. The molecule has 0 unspecified atom stereocenters. The molecule has 1 aromatic heterocycles. The molecular weight excluding hydrogens is 308 g/mol. The average Bonchev–Trinajstić information content (AvgIpc) is 2.81. The third-order valence-corrected chi connectivity index (χ3v) is 6.54. The predicted octanol–water partition coefficient (Wildman–Crippen LogP) is 2.21. The monoisotopic (exact) mass is 330 g/mol. The van der Waals surface area contributed by atoms with E-state index in [4.69, 9.17) is 0 Å². The highest BCUT2D eigenvalue weighted by molar-refractivity contribution is 7.91. The van der Waals surface area contributed by atoms with Crippen LogP contribution in [0, 0.1) is 6.92 Å². The van der Waals surface area contributed by atoms with Gasteiger partial charge < -0.3 is 10.6 Å². The van der Waals surface area contributed by atoms with Crippen LogP contribution in [0.3, 0.4) is 0 Å². The molecule has 5 nitrogen and oxygen atoms in total. The first-order valence-electron chi connectivity index (χ1n) is 7.13. The van der Waals surface area contributed by atoms with Crippen molar-refractivity contribution in [2.75, 3.05) is 6.26 Å². The van der Waals surface area contributed by atoms with E-state index >= 15 is 0 Å². The van der Waals surface area contributed by atoms with E-state index in [1.54, 1.807) is 11.3 Å². The zero-order valence-electron chi connectivity index (χ0n) is 12.4. The number of hydrogen-bond donors (Lipinski definition) is 2. The number of urea groups is 1. The number of hydrogen-bond acceptors (Lipinski definition) is 4.